The van der Waals surface area contributed by atoms with Gasteiger partial charge in [-0.05, 0) is 24.9 Å². The molecule has 0 aliphatic rings. The molecule has 1 N–H and O–H groups in total. The number of rotatable bonds is 5. The molecule has 0 aliphatic carbocycles. The Kier molecular flexibility index (Phi) is 4.45. The summed E-state index contributed by atoms with van der Waals surface area (Å²) in [7, 11) is 1.29. The Bertz CT molecular complexity index is 427. The Labute approximate surface area is 103 Å². The van der Waals surface area contributed by atoms with E-state index in [0.29, 0.717) is 0 Å². The third-order valence-corrected chi connectivity index (χ3v) is 2.37. The van der Waals surface area contributed by atoms with E-state index in [9.17, 15) is 10.1 Å². The first-order valence-electron chi connectivity index (χ1n) is 5.02. The normalized spacial score (nSPS) is 12.0. The number of nitro groups is 1. The average molecular weight is 261 g/mol. The van der Waals surface area contributed by atoms with Crippen LogP contribution in [0.25, 0.3) is 0 Å². The summed E-state index contributed by atoms with van der Waals surface area (Å²) in [4.78, 5) is 17.8. The lowest BCUT2D eigenvalue weighted by Gasteiger charge is -2.13. The lowest BCUT2D eigenvalue weighted by Crippen LogP contribution is -2.16. The molecule has 7 nitrogen and oxygen atoms in total. The smallest absolute Gasteiger partial charge is 0.372 e. The predicted octanol–water partition coefficient (Wildman–Crippen LogP) is 2.26. The first kappa shape index (κ1) is 13.4. The lowest BCUT2D eigenvalue weighted by atomic mass is 10.2. The zero-order valence-corrected chi connectivity index (χ0v) is 10.5. The molecular formula is C9H13ClN4O3. The molecule has 1 atom stereocenters. The number of aromatic nitrogens is 2. The number of ether oxygens (including phenoxy) is 1. The van der Waals surface area contributed by atoms with Crippen LogP contribution in [0.1, 0.15) is 20.3 Å². The van der Waals surface area contributed by atoms with Gasteiger partial charge in [0, 0.05) is 6.04 Å². The van der Waals surface area contributed by atoms with Crippen LogP contribution in [0.2, 0.25) is 5.28 Å². The highest BCUT2D eigenvalue weighted by Gasteiger charge is 2.26. The fourth-order valence-electron chi connectivity index (χ4n) is 1.15. The van der Waals surface area contributed by atoms with Gasteiger partial charge in [0.1, 0.15) is 0 Å². The minimum Gasteiger partial charge on any atom is -0.476 e. The molecule has 0 amide bonds. The largest absolute Gasteiger partial charge is 0.476 e. The Morgan fingerprint density at radius 3 is 2.71 bits per heavy atom. The second kappa shape index (κ2) is 5.62. The standard InChI is InChI=1S/C9H13ClN4O3/c1-4-5(2)11-7-6(14(15)16)8(17-3)13-9(10)12-7/h5H,4H2,1-3H3,(H,11,12,13)/t5-/m1/s1. The fraction of sp³-hybridized carbons (Fsp3) is 0.556. The number of anilines is 1. The molecule has 17 heavy (non-hydrogen) atoms. The van der Waals surface area contributed by atoms with Gasteiger partial charge < -0.3 is 10.1 Å². The van der Waals surface area contributed by atoms with Gasteiger partial charge in [0.15, 0.2) is 0 Å². The van der Waals surface area contributed by atoms with Crippen LogP contribution < -0.4 is 10.1 Å². The van der Waals surface area contributed by atoms with E-state index in [2.05, 4.69) is 15.3 Å². The summed E-state index contributed by atoms with van der Waals surface area (Å²) in [5.74, 6) is -0.0815. The number of nitrogens with zero attached hydrogens (tertiary/aromatic N) is 3. The Morgan fingerprint density at radius 2 is 2.24 bits per heavy atom. The van der Waals surface area contributed by atoms with Crippen molar-refractivity contribution in [3.05, 3.63) is 15.4 Å². The number of hydrogen-bond donors (Lipinski definition) is 1. The monoisotopic (exact) mass is 260 g/mol. The summed E-state index contributed by atoms with van der Waals surface area (Å²) in [5, 5.41) is 13.7. The summed E-state index contributed by atoms with van der Waals surface area (Å²) in [6.07, 6.45) is 0.793. The van der Waals surface area contributed by atoms with Crippen molar-refractivity contribution in [1.29, 1.82) is 0 Å². The van der Waals surface area contributed by atoms with Crippen molar-refractivity contribution in [3.8, 4) is 5.88 Å². The molecule has 0 bridgehead atoms. The van der Waals surface area contributed by atoms with Crippen molar-refractivity contribution < 1.29 is 9.66 Å². The minimum atomic E-state index is -0.597. The van der Waals surface area contributed by atoms with E-state index >= 15 is 0 Å². The molecule has 0 saturated carbocycles. The van der Waals surface area contributed by atoms with Gasteiger partial charge >= 0.3 is 11.6 Å². The summed E-state index contributed by atoms with van der Waals surface area (Å²) >= 11 is 5.67. The van der Waals surface area contributed by atoms with Gasteiger partial charge in [-0.1, -0.05) is 6.92 Å². The number of nitrogens with one attached hydrogen (secondary N) is 1. The minimum absolute atomic E-state index is 0.0318. The third kappa shape index (κ3) is 3.16. The number of methoxy groups -OCH3 is 1. The molecule has 1 rings (SSSR count). The Hall–Kier alpha value is -1.63. The van der Waals surface area contributed by atoms with Gasteiger partial charge in [-0.3, -0.25) is 10.1 Å². The summed E-state index contributed by atoms with van der Waals surface area (Å²) < 4.78 is 4.83. The Balaban J connectivity index is 3.25. The lowest BCUT2D eigenvalue weighted by molar-refractivity contribution is -0.385. The van der Waals surface area contributed by atoms with Crippen molar-refractivity contribution in [3.63, 3.8) is 0 Å². The van der Waals surface area contributed by atoms with Crippen molar-refractivity contribution >= 4 is 23.1 Å². The first-order valence-corrected chi connectivity index (χ1v) is 5.39. The third-order valence-electron chi connectivity index (χ3n) is 2.20. The van der Waals surface area contributed by atoms with Crippen LogP contribution in [0.15, 0.2) is 0 Å². The van der Waals surface area contributed by atoms with Gasteiger partial charge in [0.2, 0.25) is 11.1 Å². The average Bonchev–Trinajstić information content (AvgIpc) is 2.27. The molecule has 0 aliphatic heterocycles. The maximum atomic E-state index is 10.9. The van der Waals surface area contributed by atoms with Crippen molar-refractivity contribution in [1.82, 2.24) is 9.97 Å². The Morgan fingerprint density at radius 1 is 1.59 bits per heavy atom. The van der Waals surface area contributed by atoms with Crippen LogP contribution >= 0.6 is 11.6 Å². The van der Waals surface area contributed by atoms with Crippen LogP contribution in [0.4, 0.5) is 11.5 Å². The van der Waals surface area contributed by atoms with Crippen molar-refractivity contribution in [2.45, 2.75) is 26.3 Å². The van der Waals surface area contributed by atoms with Crippen LogP contribution in [0.3, 0.4) is 0 Å². The molecule has 0 aromatic carbocycles. The van der Waals surface area contributed by atoms with Crippen molar-refractivity contribution in [2.75, 3.05) is 12.4 Å². The topological polar surface area (TPSA) is 90.2 Å². The summed E-state index contributed by atoms with van der Waals surface area (Å²) in [5.41, 5.74) is -0.308. The highest BCUT2D eigenvalue weighted by atomic mass is 35.5. The maximum Gasteiger partial charge on any atom is 0.372 e. The quantitative estimate of drug-likeness (QED) is 0.496. The van der Waals surface area contributed by atoms with Crippen LogP contribution in [-0.4, -0.2) is 28.0 Å². The second-order valence-electron chi connectivity index (χ2n) is 3.41. The van der Waals surface area contributed by atoms with E-state index in [4.69, 9.17) is 16.3 Å². The maximum absolute atomic E-state index is 10.9. The van der Waals surface area contributed by atoms with Gasteiger partial charge in [-0.15, -0.1) is 0 Å². The summed E-state index contributed by atoms with van der Waals surface area (Å²) in [6.45, 7) is 3.83. The molecule has 0 radical (unpaired) electrons. The summed E-state index contributed by atoms with van der Waals surface area (Å²) in [6, 6.07) is 0.0318. The van der Waals surface area contributed by atoms with Gasteiger partial charge in [-0.2, -0.15) is 9.97 Å². The molecule has 1 aromatic heterocycles. The first-order chi connectivity index (χ1) is 7.99. The second-order valence-corrected chi connectivity index (χ2v) is 3.75. The van der Waals surface area contributed by atoms with E-state index in [-0.39, 0.29) is 28.7 Å². The van der Waals surface area contributed by atoms with Crippen LogP contribution in [-0.2, 0) is 0 Å². The molecule has 0 fully saturated rings. The predicted molar refractivity (Wildman–Crippen MR) is 63.6 cm³/mol. The molecular weight excluding hydrogens is 248 g/mol. The highest BCUT2D eigenvalue weighted by Crippen LogP contribution is 2.33. The van der Waals surface area contributed by atoms with E-state index in [1.54, 1.807) is 0 Å². The van der Waals surface area contributed by atoms with Crippen molar-refractivity contribution in [2.24, 2.45) is 0 Å². The highest BCUT2D eigenvalue weighted by molar-refractivity contribution is 6.28. The van der Waals surface area contributed by atoms with Gasteiger partial charge in [-0.25, -0.2) is 0 Å². The van der Waals surface area contributed by atoms with E-state index in [1.165, 1.54) is 7.11 Å². The molecule has 0 spiro atoms. The fourth-order valence-corrected chi connectivity index (χ4v) is 1.31. The SMILES string of the molecule is CC[C@@H](C)Nc1nc(Cl)nc(OC)c1[N+](=O)[O-]. The van der Waals surface area contributed by atoms with E-state index in [1.807, 2.05) is 13.8 Å². The number of halogens is 1. The molecule has 0 unspecified atom stereocenters. The molecule has 1 heterocycles. The van der Waals surface area contributed by atoms with E-state index < -0.39 is 4.92 Å². The van der Waals surface area contributed by atoms with Crippen LogP contribution in [0, 0.1) is 10.1 Å². The molecule has 1 aromatic rings. The number of hydrogen-bond acceptors (Lipinski definition) is 6. The van der Waals surface area contributed by atoms with Gasteiger partial charge in [0.25, 0.3) is 0 Å². The van der Waals surface area contributed by atoms with E-state index in [0.717, 1.165) is 6.42 Å². The van der Waals surface area contributed by atoms with Crippen LogP contribution in [0.5, 0.6) is 5.88 Å². The van der Waals surface area contributed by atoms with Gasteiger partial charge in [0.05, 0.1) is 12.0 Å². The zero-order valence-electron chi connectivity index (χ0n) is 9.73. The molecule has 8 heteroatoms. The zero-order chi connectivity index (χ0) is 13.0. The molecule has 0 saturated heterocycles. The molecule has 94 valence electrons.